The Balaban J connectivity index is 1.78. The maximum Gasteiger partial charge on any atom is 0.391 e. The molecule has 0 saturated heterocycles. The Morgan fingerprint density at radius 2 is 1.96 bits per heavy atom. The Hall–Kier alpha value is -2.68. The molecule has 126 valence electrons. The lowest BCUT2D eigenvalue weighted by Crippen LogP contribution is -2.20. The van der Waals surface area contributed by atoms with Crippen LogP contribution in [0, 0.1) is 6.92 Å². The molecule has 1 unspecified atom stereocenters. The highest BCUT2D eigenvalue weighted by atomic mass is 19.4. The average molecular weight is 337 g/mol. The van der Waals surface area contributed by atoms with E-state index in [1.807, 2.05) is 13.1 Å². The molecule has 2 aromatic heterocycles. The SMILES string of the molecule is Cc1cnn(-c2ccc(-c3noc(C(N)CC(F)(F)F)n3)cc2)c1. The molecule has 3 rings (SSSR count). The van der Waals surface area contributed by atoms with Gasteiger partial charge in [-0.3, -0.25) is 0 Å². The molecular formula is C15H14F3N5O. The van der Waals surface area contributed by atoms with Crippen LogP contribution in [0.1, 0.15) is 23.9 Å². The second-order valence-corrected chi connectivity index (χ2v) is 5.39. The predicted octanol–water partition coefficient (Wildman–Crippen LogP) is 3.18. The maximum atomic E-state index is 12.4. The molecule has 6 nitrogen and oxygen atoms in total. The second kappa shape index (κ2) is 6.08. The minimum Gasteiger partial charge on any atom is -0.337 e. The van der Waals surface area contributed by atoms with Crippen LogP contribution in [0.2, 0.25) is 0 Å². The van der Waals surface area contributed by atoms with Gasteiger partial charge in [0, 0.05) is 11.8 Å². The summed E-state index contributed by atoms with van der Waals surface area (Å²) in [6.07, 6.45) is -2.00. The maximum absolute atomic E-state index is 12.4. The molecule has 0 aliphatic carbocycles. The monoisotopic (exact) mass is 337 g/mol. The van der Waals surface area contributed by atoms with Crippen molar-refractivity contribution in [3.05, 3.63) is 48.1 Å². The van der Waals surface area contributed by atoms with Crippen molar-refractivity contribution in [3.63, 3.8) is 0 Å². The molecular weight excluding hydrogens is 323 g/mol. The van der Waals surface area contributed by atoms with Crippen molar-refractivity contribution in [1.82, 2.24) is 19.9 Å². The fraction of sp³-hybridized carbons (Fsp3) is 0.267. The van der Waals surface area contributed by atoms with Gasteiger partial charge in [-0.2, -0.15) is 23.3 Å². The van der Waals surface area contributed by atoms with E-state index >= 15 is 0 Å². The van der Waals surface area contributed by atoms with E-state index < -0.39 is 18.6 Å². The first-order valence-electron chi connectivity index (χ1n) is 7.10. The average Bonchev–Trinajstić information content (AvgIpc) is 3.15. The number of alkyl halides is 3. The molecule has 2 heterocycles. The first kappa shape index (κ1) is 16.2. The Morgan fingerprint density at radius 3 is 2.54 bits per heavy atom. The second-order valence-electron chi connectivity index (χ2n) is 5.39. The third-order valence-electron chi connectivity index (χ3n) is 3.31. The third-order valence-corrected chi connectivity index (χ3v) is 3.31. The molecule has 24 heavy (non-hydrogen) atoms. The largest absolute Gasteiger partial charge is 0.391 e. The van der Waals surface area contributed by atoms with Crippen molar-refractivity contribution < 1.29 is 17.7 Å². The van der Waals surface area contributed by atoms with E-state index in [2.05, 4.69) is 15.2 Å². The van der Waals surface area contributed by atoms with Crippen LogP contribution in [0.25, 0.3) is 17.1 Å². The summed E-state index contributed by atoms with van der Waals surface area (Å²) < 4.78 is 43.6. The van der Waals surface area contributed by atoms with Gasteiger partial charge in [-0.25, -0.2) is 4.68 Å². The molecule has 0 amide bonds. The lowest BCUT2D eigenvalue weighted by molar-refractivity contribution is -0.139. The molecule has 1 aromatic carbocycles. The van der Waals surface area contributed by atoms with Gasteiger partial charge < -0.3 is 10.3 Å². The van der Waals surface area contributed by atoms with Gasteiger partial charge in [0.05, 0.1) is 24.3 Å². The first-order valence-corrected chi connectivity index (χ1v) is 7.10. The smallest absolute Gasteiger partial charge is 0.337 e. The van der Waals surface area contributed by atoms with Gasteiger partial charge in [-0.1, -0.05) is 5.16 Å². The van der Waals surface area contributed by atoms with Crippen LogP contribution in [0.15, 0.2) is 41.2 Å². The third kappa shape index (κ3) is 3.62. The van der Waals surface area contributed by atoms with Crippen LogP contribution in [-0.4, -0.2) is 26.1 Å². The lowest BCUT2D eigenvalue weighted by atomic mass is 10.2. The van der Waals surface area contributed by atoms with E-state index in [0.717, 1.165) is 11.3 Å². The molecule has 1 atom stereocenters. The molecule has 2 N–H and O–H groups in total. The number of hydrogen-bond donors (Lipinski definition) is 1. The minimum absolute atomic E-state index is 0.186. The van der Waals surface area contributed by atoms with Gasteiger partial charge >= 0.3 is 6.18 Å². The highest BCUT2D eigenvalue weighted by molar-refractivity contribution is 5.56. The minimum atomic E-state index is -4.39. The summed E-state index contributed by atoms with van der Waals surface area (Å²) in [5.74, 6) is -0.0556. The highest BCUT2D eigenvalue weighted by Crippen LogP contribution is 2.28. The van der Waals surface area contributed by atoms with Gasteiger partial charge in [0.2, 0.25) is 11.7 Å². The van der Waals surface area contributed by atoms with Crippen LogP contribution >= 0.6 is 0 Å². The standard InChI is InChI=1S/C15H14F3N5O/c1-9-7-20-23(8-9)11-4-2-10(3-5-11)13-21-14(24-22-13)12(19)6-15(16,17)18/h2-5,7-8,12H,6,19H2,1H3. The van der Waals surface area contributed by atoms with Crippen molar-refractivity contribution in [2.24, 2.45) is 5.73 Å². The van der Waals surface area contributed by atoms with Crippen LogP contribution in [0.4, 0.5) is 13.2 Å². The molecule has 3 aromatic rings. The highest BCUT2D eigenvalue weighted by Gasteiger charge is 2.33. The van der Waals surface area contributed by atoms with Crippen molar-refractivity contribution in [3.8, 4) is 17.1 Å². The number of nitrogens with two attached hydrogens (primary N) is 1. The van der Waals surface area contributed by atoms with Crippen molar-refractivity contribution in [2.75, 3.05) is 0 Å². The number of hydrogen-bond acceptors (Lipinski definition) is 5. The van der Waals surface area contributed by atoms with Gasteiger partial charge in [0.25, 0.3) is 0 Å². The van der Waals surface area contributed by atoms with E-state index in [1.165, 1.54) is 0 Å². The summed E-state index contributed by atoms with van der Waals surface area (Å²) in [5, 5.41) is 7.88. The topological polar surface area (TPSA) is 82.8 Å². The number of aromatic nitrogens is 4. The molecule has 0 saturated carbocycles. The van der Waals surface area contributed by atoms with Crippen molar-refractivity contribution >= 4 is 0 Å². The molecule has 0 fully saturated rings. The van der Waals surface area contributed by atoms with E-state index in [-0.39, 0.29) is 11.7 Å². The molecule has 9 heteroatoms. The summed E-state index contributed by atoms with van der Waals surface area (Å²) in [6.45, 7) is 1.93. The first-order chi connectivity index (χ1) is 11.3. The lowest BCUT2D eigenvalue weighted by Gasteiger charge is -2.09. The number of rotatable bonds is 4. The number of benzene rings is 1. The van der Waals surface area contributed by atoms with Crippen molar-refractivity contribution in [1.29, 1.82) is 0 Å². The molecule has 0 spiro atoms. The zero-order valence-corrected chi connectivity index (χ0v) is 12.7. The predicted molar refractivity (Wildman–Crippen MR) is 79.2 cm³/mol. The zero-order valence-electron chi connectivity index (χ0n) is 12.7. The van der Waals surface area contributed by atoms with Crippen LogP contribution in [0.5, 0.6) is 0 Å². The van der Waals surface area contributed by atoms with E-state index in [4.69, 9.17) is 10.3 Å². The van der Waals surface area contributed by atoms with E-state index in [1.54, 1.807) is 35.1 Å². The summed E-state index contributed by atoms with van der Waals surface area (Å²) in [5.41, 5.74) is 7.92. The molecule has 0 bridgehead atoms. The molecule has 0 radical (unpaired) electrons. The quantitative estimate of drug-likeness (QED) is 0.790. The Morgan fingerprint density at radius 1 is 1.25 bits per heavy atom. The van der Waals surface area contributed by atoms with Crippen LogP contribution in [0.3, 0.4) is 0 Å². The Labute approximate surface area is 135 Å². The summed E-state index contributed by atoms with van der Waals surface area (Å²) in [7, 11) is 0. The Kier molecular flexibility index (Phi) is 4.10. The summed E-state index contributed by atoms with van der Waals surface area (Å²) in [6, 6.07) is 5.69. The molecule has 0 aliphatic rings. The zero-order chi connectivity index (χ0) is 17.3. The Bertz CT molecular complexity index is 822. The van der Waals surface area contributed by atoms with E-state index in [0.29, 0.717) is 5.56 Å². The number of halogens is 3. The van der Waals surface area contributed by atoms with Gasteiger partial charge in [-0.15, -0.1) is 0 Å². The fourth-order valence-electron chi connectivity index (χ4n) is 2.16. The van der Waals surface area contributed by atoms with Crippen molar-refractivity contribution in [2.45, 2.75) is 25.6 Å². The number of aryl methyl sites for hydroxylation is 1. The number of nitrogens with zero attached hydrogens (tertiary/aromatic N) is 4. The summed E-state index contributed by atoms with van der Waals surface area (Å²) in [4.78, 5) is 3.95. The fourth-order valence-corrected chi connectivity index (χ4v) is 2.16. The van der Waals surface area contributed by atoms with Gasteiger partial charge in [0.1, 0.15) is 0 Å². The van der Waals surface area contributed by atoms with Crippen LogP contribution in [-0.2, 0) is 0 Å². The van der Waals surface area contributed by atoms with Gasteiger partial charge in [-0.05, 0) is 36.8 Å². The molecule has 0 aliphatic heterocycles. The summed E-state index contributed by atoms with van der Waals surface area (Å²) >= 11 is 0. The van der Waals surface area contributed by atoms with Gasteiger partial charge in [0.15, 0.2) is 0 Å². The normalized spacial score (nSPS) is 13.2. The van der Waals surface area contributed by atoms with E-state index in [9.17, 15) is 13.2 Å². The van der Waals surface area contributed by atoms with Crippen LogP contribution < -0.4 is 5.73 Å².